The zero-order valence-electron chi connectivity index (χ0n) is 12.5. The van der Waals surface area contributed by atoms with Gasteiger partial charge in [0.15, 0.2) is 5.13 Å². The number of thiazole rings is 1. The minimum atomic E-state index is -0.200. The Morgan fingerprint density at radius 2 is 1.86 bits per heavy atom. The van der Waals surface area contributed by atoms with E-state index in [2.05, 4.69) is 10.3 Å². The first-order valence-corrected chi connectivity index (χ1v) is 8.03. The van der Waals surface area contributed by atoms with Crippen molar-refractivity contribution in [1.29, 1.82) is 0 Å². The van der Waals surface area contributed by atoms with Crippen LogP contribution in [0.25, 0.3) is 0 Å². The summed E-state index contributed by atoms with van der Waals surface area (Å²) in [6.45, 7) is 5.08. The van der Waals surface area contributed by atoms with Gasteiger partial charge in [0.1, 0.15) is 0 Å². The molecular formula is C14H22N2O4S. The van der Waals surface area contributed by atoms with E-state index in [4.69, 9.17) is 9.47 Å². The summed E-state index contributed by atoms with van der Waals surface area (Å²) in [5.41, 5.74) is 0.876. The van der Waals surface area contributed by atoms with Crippen LogP contribution >= 0.6 is 11.3 Å². The molecule has 1 aromatic heterocycles. The Morgan fingerprint density at radius 3 is 2.52 bits per heavy atom. The van der Waals surface area contributed by atoms with Crippen molar-refractivity contribution < 1.29 is 19.1 Å². The van der Waals surface area contributed by atoms with Crippen LogP contribution in [0.2, 0.25) is 0 Å². The predicted molar refractivity (Wildman–Crippen MR) is 81.4 cm³/mol. The Bertz CT molecular complexity index is 448. The van der Waals surface area contributed by atoms with Crippen LogP contribution in [-0.2, 0) is 25.5 Å². The molecule has 7 heteroatoms. The molecule has 1 heterocycles. The van der Waals surface area contributed by atoms with Crippen LogP contribution in [0.1, 0.15) is 38.8 Å². The third-order valence-electron chi connectivity index (χ3n) is 2.58. The number of rotatable bonds is 10. The molecule has 21 heavy (non-hydrogen) atoms. The highest BCUT2D eigenvalue weighted by Crippen LogP contribution is 2.16. The number of aryl methyl sites for hydroxylation is 1. The molecule has 1 aromatic rings. The molecule has 0 aliphatic carbocycles. The lowest BCUT2D eigenvalue weighted by atomic mass is 10.2. The second-order valence-corrected chi connectivity index (χ2v) is 5.14. The quantitative estimate of drug-likeness (QED) is 0.528. The zero-order valence-corrected chi connectivity index (χ0v) is 13.3. The van der Waals surface area contributed by atoms with Gasteiger partial charge in [-0.25, -0.2) is 4.98 Å². The van der Waals surface area contributed by atoms with E-state index in [-0.39, 0.29) is 11.9 Å². The Labute approximate surface area is 128 Å². The van der Waals surface area contributed by atoms with Crippen molar-refractivity contribution in [3.8, 4) is 0 Å². The molecule has 0 fully saturated rings. The molecule has 1 rings (SSSR count). The Kier molecular flexibility index (Phi) is 8.42. The molecule has 0 saturated carbocycles. The summed E-state index contributed by atoms with van der Waals surface area (Å²) in [5.74, 6) is -0.372. The van der Waals surface area contributed by atoms with Gasteiger partial charge in [-0.15, -0.1) is 11.3 Å². The van der Waals surface area contributed by atoms with Gasteiger partial charge in [0, 0.05) is 24.8 Å². The summed E-state index contributed by atoms with van der Waals surface area (Å²) < 4.78 is 9.72. The molecule has 0 aliphatic heterocycles. The fraction of sp³-hybridized carbons (Fsp3) is 0.643. The van der Waals surface area contributed by atoms with Crippen molar-refractivity contribution in [3.05, 3.63) is 11.1 Å². The lowest BCUT2D eigenvalue weighted by molar-refractivity contribution is -0.144. The van der Waals surface area contributed by atoms with Crippen LogP contribution in [-0.4, -0.2) is 36.7 Å². The molecule has 1 N–H and O–H groups in total. The number of carbonyl (C=O) groups is 2. The number of nitrogens with zero attached hydrogens (tertiary/aromatic N) is 1. The normalized spacial score (nSPS) is 10.2. The predicted octanol–water partition coefficient (Wildman–Crippen LogP) is 2.39. The molecule has 0 aromatic carbocycles. The average Bonchev–Trinajstić information content (AvgIpc) is 2.90. The number of anilines is 1. The van der Waals surface area contributed by atoms with E-state index in [1.54, 1.807) is 13.8 Å². The van der Waals surface area contributed by atoms with E-state index in [9.17, 15) is 9.59 Å². The van der Waals surface area contributed by atoms with Gasteiger partial charge in [0.2, 0.25) is 0 Å². The number of hydrogen-bond acceptors (Lipinski definition) is 7. The van der Waals surface area contributed by atoms with Gasteiger partial charge in [-0.3, -0.25) is 9.59 Å². The van der Waals surface area contributed by atoms with Gasteiger partial charge in [-0.1, -0.05) is 0 Å². The van der Waals surface area contributed by atoms with Gasteiger partial charge in [-0.05, 0) is 20.3 Å². The molecule has 0 spiro atoms. The monoisotopic (exact) mass is 314 g/mol. The Balaban J connectivity index is 2.19. The second-order valence-electron chi connectivity index (χ2n) is 4.28. The van der Waals surface area contributed by atoms with E-state index in [0.717, 1.165) is 10.8 Å². The fourth-order valence-corrected chi connectivity index (χ4v) is 2.40. The summed E-state index contributed by atoms with van der Waals surface area (Å²) in [6, 6.07) is 0. The van der Waals surface area contributed by atoms with Gasteiger partial charge >= 0.3 is 11.9 Å². The topological polar surface area (TPSA) is 77.5 Å². The van der Waals surface area contributed by atoms with Gasteiger partial charge in [0.05, 0.1) is 25.3 Å². The van der Waals surface area contributed by atoms with Crippen LogP contribution in [0.5, 0.6) is 0 Å². The Morgan fingerprint density at radius 1 is 1.19 bits per heavy atom. The first-order chi connectivity index (χ1) is 10.2. The van der Waals surface area contributed by atoms with Crippen molar-refractivity contribution in [1.82, 2.24) is 4.98 Å². The van der Waals surface area contributed by atoms with E-state index in [1.165, 1.54) is 11.3 Å². The lowest BCUT2D eigenvalue weighted by Crippen LogP contribution is -2.08. The molecule has 0 amide bonds. The largest absolute Gasteiger partial charge is 0.466 e. The van der Waals surface area contributed by atoms with Crippen molar-refractivity contribution in [2.45, 2.75) is 39.5 Å². The van der Waals surface area contributed by atoms with Gasteiger partial charge < -0.3 is 14.8 Å². The number of hydrogen-bond donors (Lipinski definition) is 1. The van der Waals surface area contributed by atoms with Crippen LogP contribution < -0.4 is 5.32 Å². The molecule has 0 saturated heterocycles. The zero-order chi connectivity index (χ0) is 15.5. The first kappa shape index (κ1) is 17.4. The number of ether oxygens (including phenoxy) is 2. The van der Waals surface area contributed by atoms with Gasteiger partial charge in [-0.2, -0.15) is 0 Å². The highest BCUT2D eigenvalue weighted by atomic mass is 32.1. The number of esters is 2. The van der Waals surface area contributed by atoms with E-state index in [0.29, 0.717) is 45.4 Å². The van der Waals surface area contributed by atoms with Crippen molar-refractivity contribution in [2.75, 3.05) is 25.1 Å². The van der Waals surface area contributed by atoms with E-state index in [1.807, 2.05) is 5.38 Å². The standard InChI is InChI=1S/C14H22N2O4S/c1-3-19-12(17)6-5-9-15-14-16-11(10-21-14)7-8-13(18)20-4-2/h10H,3-9H2,1-2H3,(H,15,16). The molecule has 0 aliphatic rings. The fourth-order valence-electron chi connectivity index (χ4n) is 1.63. The van der Waals surface area contributed by atoms with Crippen LogP contribution in [0.3, 0.4) is 0 Å². The van der Waals surface area contributed by atoms with E-state index < -0.39 is 0 Å². The summed E-state index contributed by atoms with van der Waals surface area (Å²) in [7, 11) is 0. The highest BCUT2D eigenvalue weighted by molar-refractivity contribution is 7.13. The molecule has 0 atom stereocenters. The SMILES string of the molecule is CCOC(=O)CCCNc1nc(CCC(=O)OCC)cs1. The van der Waals surface area contributed by atoms with Gasteiger partial charge in [0.25, 0.3) is 0 Å². The van der Waals surface area contributed by atoms with Crippen molar-refractivity contribution >= 4 is 28.4 Å². The maximum Gasteiger partial charge on any atom is 0.306 e. The summed E-state index contributed by atoms with van der Waals surface area (Å²) in [5, 5.41) is 5.89. The van der Waals surface area contributed by atoms with E-state index >= 15 is 0 Å². The highest BCUT2D eigenvalue weighted by Gasteiger charge is 2.06. The van der Waals surface area contributed by atoms with Crippen molar-refractivity contribution in [3.63, 3.8) is 0 Å². The third-order valence-corrected chi connectivity index (χ3v) is 3.43. The molecule has 0 unspecified atom stereocenters. The maximum atomic E-state index is 11.2. The second kappa shape index (κ2) is 10.1. The molecule has 0 radical (unpaired) electrons. The van der Waals surface area contributed by atoms with Crippen LogP contribution in [0.15, 0.2) is 5.38 Å². The number of carbonyl (C=O) groups excluding carboxylic acids is 2. The average molecular weight is 314 g/mol. The molecular weight excluding hydrogens is 292 g/mol. The molecule has 6 nitrogen and oxygen atoms in total. The smallest absolute Gasteiger partial charge is 0.306 e. The number of nitrogens with one attached hydrogen (secondary N) is 1. The first-order valence-electron chi connectivity index (χ1n) is 7.15. The third kappa shape index (κ3) is 7.65. The van der Waals surface area contributed by atoms with Crippen molar-refractivity contribution in [2.24, 2.45) is 0 Å². The summed E-state index contributed by atoms with van der Waals surface area (Å²) in [6.07, 6.45) is 2.04. The molecule has 118 valence electrons. The minimum Gasteiger partial charge on any atom is -0.466 e. The number of aromatic nitrogens is 1. The van der Waals surface area contributed by atoms with Crippen LogP contribution in [0, 0.1) is 0 Å². The summed E-state index contributed by atoms with van der Waals surface area (Å²) >= 11 is 1.49. The minimum absolute atomic E-state index is 0.173. The Hall–Kier alpha value is -1.63. The molecule has 0 bridgehead atoms. The summed E-state index contributed by atoms with van der Waals surface area (Å²) in [4.78, 5) is 26.8. The maximum absolute atomic E-state index is 11.2. The van der Waals surface area contributed by atoms with Crippen LogP contribution in [0.4, 0.5) is 5.13 Å². The lowest BCUT2D eigenvalue weighted by Gasteiger charge is -2.03.